The standard InChI is InChI=1S/C16H13BrN2OS/c1-10-3-4-13(11(2)7-10)19-8-12(9-20)16(18-19)14-5-6-15(17)21-14/h3-9H,1-2H3. The molecule has 5 heteroatoms. The molecule has 0 aliphatic rings. The molecule has 0 N–H and O–H groups in total. The van der Waals surface area contributed by atoms with Crippen LogP contribution in [0.15, 0.2) is 40.3 Å². The molecule has 2 aromatic heterocycles. The summed E-state index contributed by atoms with van der Waals surface area (Å²) in [5.41, 5.74) is 4.66. The minimum Gasteiger partial charge on any atom is -0.298 e. The predicted molar refractivity (Wildman–Crippen MR) is 89.4 cm³/mol. The van der Waals surface area contributed by atoms with Gasteiger partial charge in [-0.15, -0.1) is 11.3 Å². The topological polar surface area (TPSA) is 34.9 Å². The third-order valence-electron chi connectivity index (χ3n) is 3.28. The number of halogens is 1. The van der Waals surface area contributed by atoms with E-state index in [1.165, 1.54) is 5.56 Å². The van der Waals surface area contributed by atoms with Crippen molar-refractivity contribution in [3.8, 4) is 16.3 Å². The maximum atomic E-state index is 11.3. The van der Waals surface area contributed by atoms with Gasteiger partial charge in [-0.1, -0.05) is 17.7 Å². The maximum absolute atomic E-state index is 11.3. The Morgan fingerprint density at radius 3 is 2.67 bits per heavy atom. The Morgan fingerprint density at radius 2 is 2.05 bits per heavy atom. The van der Waals surface area contributed by atoms with Crippen LogP contribution >= 0.6 is 27.3 Å². The number of hydrogen-bond acceptors (Lipinski definition) is 3. The van der Waals surface area contributed by atoms with Gasteiger partial charge in [-0.05, 0) is 53.5 Å². The number of carbonyl (C=O) groups excluding carboxylic acids is 1. The summed E-state index contributed by atoms with van der Waals surface area (Å²) in [5, 5.41) is 4.60. The van der Waals surface area contributed by atoms with Crippen LogP contribution in [0.2, 0.25) is 0 Å². The molecule has 106 valence electrons. The van der Waals surface area contributed by atoms with Crippen LogP contribution in [0.4, 0.5) is 0 Å². The fraction of sp³-hybridized carbons (Fsp3) is 0.125. The molecule has 0 atom stereocenters. The molecule has 0 fully saturated rings. The van der Waals surface area contributed by atoms with Gasteiger partial charge in [0.2, 0.25) is 0 Å². The van der Waals surface area contributed by atoms with Crippen molar-refractivity contribution >= 4 is 33.6 Å². The average molecular weight is 361 g/mol. The molecule has 3 aromatic rings. The van der Waals surface area contributed by atoms with Crippen molar-refractivity contribution in [2.24, 2.45) is 0 Å². The normalized spacial score (nSPS) is 10.8. The summed E-state index contributed by atoms with van der Waals surface area (Å²) in [6, 6.07) is 10.1. The van der Waals surface area contributed by atoms with Crippen LogP contribution in [-0.2, 0) is 0 Å². The van der Waals surface area contributed by atoms with Gasteiger partial charge < -0.3 is 0 Å². The summed E-state index contributed by atoms with van der Waals surface area (Å²) in [4.78, 5) is 12.3. The first-order chi connectivity index (χ1) is 10.1. The van der Waals surface area contributed by atoms with E-state index in [1.54, 1.807) is 22.2 Å². The van der Waals surface area contributed by atoms with Gasteiger partial charge in [0.1, 0.15) is 5.69 Å². The Balaban J connectivity index is 2.13. The number of carbonyl (C=O) groups is 1. The Kier molecular flexibility index (Phi) is 3.78. The predicted octanol–water partition coefficient (Wildman–Crippen LogP) is 4.79. The van der Waals surface area contributed by atoms with Crippen molar-refractivity contribution in [2.75, 3.05) is 0 Å². The van der Waals surface area contributed by atoms with Crippen LogP contribution in [-0.4, -0.2) is 16.1 Å². The zero-order valence-electron chi connectivity index (χ0n) is 11.6. The van der Waals surface area contributed by atoms with Gasteiger partial charge in [0, 0.05) is 6.20 Å². The third-order valence-corrected chi connectivity index (χ3v) is 4.91. The van der Waals surface area contributed by atoms with Gasteiger partial charge >= 0.3 is 0 Å². The summed E-state index contributed by atoms with van der Waals surface area (Å²) < 4.78 is 2.80. The lowest BCUT2D eigenvalue weighted by atomic mass is 10.1. The van der Waals surface area contributed by atoms with Crippen LogP contribution in [0, 0.1) is 13.8 Å². The minimum atomic E-state index is 0.601. The lowest BCUT2D eigenvalue weighted by molar-refractivity contribution is 0.112. The van der Waals surface area contributed by atoms with Gasteiger partial charge in [-0.3, -0.25) is 4.79 Å². The summed E-state index contributed by atoms with van der Waals surface area (Å²) in [5.74, 6) is 0. The fourth-order valence-corrected chi connectivity index (χ4v) is 3.69. The van der Waals surface area contributed by atoms with Gasteiger partial charge in [-0.2, -0.15) is 5.10 Å². The second-order valence-electron chi connectivity index (χ2n) is 4.89. The molecule has 0 unspecified atom stereocenters. The minimum absolute atomic E-state index is 0.601. The number of thiophene rings is 1. The highest BCUT2D eigenvalue weighted by Crippen LogP contribution is 2.32. The number of aryl methyl sites for hydroxylation is 2. The summed E-state index contributed by atoms with van der Waals surface area (Å²) in [6.45, 7) is 4.11. The van der Waals surface area contributed by atoms with Crippen LogP contribution in [0.3, 0.4) is 0 Å². The SMILES string of the molecule is Cc1ccc(-n2cc(C=O)c(-c3ccc(Br)s3)n2)c(C)c1. The molecule has 0 radical (unpaired) electrons. The van der Waals surface area contributed by atoms with Gasteiger partial charge in [-0.25, -0.2) is 4.68 Å². The first-order valence-corrected chi connectivity index (χ1v) is 8.07. The molecule has 1 aromatic carbocycles. The first-order valence-electron chi connectivity index (χ1n) is 6.46. The molecule has 3 nitrogen and oxygen atoms in total. The highest BCUT2D eigenvalue weighted by Gasteiger charge is 2.14. The van der Waals surface area contributed by atoms with E-state index in [0.717, 1.165) is 31.9 Å². The van der Waals surface area contributed by atoms with Crippen molar-refractivity contribution < 1.29 is 4.79 Å². The van der Waals surface area contributed by atoms with Gasteiger partial charge in [0.15, 0.2) is 6.29 Å². The molecule has 3 rings (SSSR count). The third kappa shape index (κ3) is 2.71. The lowest BCUT2D eigenvalue weighted by Crippen LogP contribution is -1.98. The molecule has 21 heavy (non-hydrogen) atoms. The molecule has 0 aliphatic carbocycles. The summed E-state index contributed by atoms with van der Waals surface area (Å²) in [7, 11) is 0. The van der Waals surface area contributed by atoms with Crippen molar-refractivity contribution in [3.63, 3.8) is 0 Å². The Bertz CT molecular complexity index is 820. The second kappa shape index (κ2) is 5.58. The van der Waals surface area contributed by atoms with E-state index >= 15 is 0 Å². The molecule has 0 bridgehead atoms. The largest absolute Gasteiger partial charge is 0.298 e. The van der Waals surface area contributed by atoms with Gasteiger partial charge in [0.05, 0.1) is 19.9 Å². The van der Waals surface area contributed by atoms with Crippen molar-refractivity contribution in [2.45, 2.75) is 13.8 Å². The maximum Gasteiger partial charge on any atom is 0.153 e. The van der Waals surface area contributed by atoms with Crippen molar-refractivity contribution in [1.29, 1.82) is 0 Å². The molecule has 2 heterocycles. The van der Waals surface area contributed by atoms with E-state index in [-0.39, 0.29) is 0 Å². The number of nitrogens with zero attached hydrogens (tertiary/aromatic N) is 2. The quantitative estimate of drug-likeness (QED) is 0.629. The number of hydrogen-bond donors (Lipinski definition) is 0. The highest BCUT2D eigenvalue weighted by atomic mass is 79.9. The zero-order chi connectivity index (χ0) is 15.0. The van der Waals surface area contributed by atoms with E-state index in [1.807, 2.05) is 31.2 Å². The summed E-state index contributed by atoms with van der Waals surface area (Å²) in [6.07, 6.45) is 2.64. The number of rotatable bonds is 3. The molecular weight excluding hydrogens is 348 g/mol. The number of aldehydes is 1. The Labute approximate surface area is 135 Å². The summed E-state index contributed by atoms with van der Waals surface area (Å²) >= 11 is 5.01. The molecule has 0 amide bonds. The van der Waals surface area contributed by atoms with E-state index < -0.39 is 0 Å². The molecule has 0 spiro atoms. The molecular formula is C16H13BrN2OS. The van der Waals surface area contributed by atoms with Crippen molar-refractivity contribution in [3.05, 3.63) is 57.0 Å². The Hall–Kier alpha value is -1.72. The van der Waals surface area contributed by atoms with Crippen LogP contribution in [0.5, 0.6) is 0 Å². The lowest BCUT2D eigenvalue weighted by Gasteiger charge is -2.06. The zero-order valence-corrected chi connectivity index (χ0v) is 14.0. The molecule has 0 saturated carbocycles. The van der Waals surface area contributed by atoms with Crippen LogP contribution in [0.1, 0.15) is 21.5 Å². The van der Waals surface area contributed by atoms with Gasteiger partial charge in [0.25, 0.3) is 0 Å². The monoisotopic (exact) mass is 360 g/mol. The molecule has 0 saturated heterocycles. The average Bonchev–Trinajstić information content (AvgIpc) is 3.04. The molecule has 0 aliphatic heterocycles. The number of aromatic nitrogens is 2. The van der Waals surface area contributed by atoms with Crippen LogP contribution < -0.4 is 0 Å². The first kappa shape index (κ1) is 14.2. The van der Waals surface area contributed by atoms with Crippen molar-refractivity contribution in [1.82, 2.24) is 9.78 Å². The van der Waals surface area contributed by atoms with E-state index in [2.05, 4.69) is 34.0 Å². The van der Waals surface area contributed by atoms with Crippen LogP contribution in [0.25, 0.3) is 16.3 Å². The van der Waals surface area contributed by atoms with E-state index in [4.69, 9.17) is 0 Å². The van der Waals surface area contributed by atoms with E-state index in [0.29, 0.717) is 5.56 Å². The Morgan fingerprint density at radius 1 is 1.24 bits per heavy atom. The van der Waals surface area contributed by atoms with E-state index in [9.17, 15) is 4.79 Å². The smallest absolute Gasteiger partial charge is 0.153 e. The number of benzene rings is 1. The fourth-order valence-electron chi connectivity index (χ4n) is 2.29. The second-order valence-corrected chi connectivity index (χ2v) is 7.35. The highest BCUT2D eigenvalue weighted by molar-refractivity contribution is 9.11.